The van der Waals surface area contributed by atoms with E-state index in [0.29, 0.717) is 18.6 Å². The number of halogens is 2. The number of alkyl halides is 1. The molecule has 3 aliphatic rings. The predicted octanol–water partition coefficient (Wildman–Crippen LogP) is 3.86. The highest BCUT2D eigenvalue weighted by atomic mass is 35.5. The lowest BCUT2D eigenvalue weighted by Crippen LogP contribution is -2.42. The number of nitrogens with zero attached hydrogens (tertiary/aromatic N) is 2. The molecule has 1 aliphatic carbocycles. The van der Waals surface area contributed by atoms with E-state index in [9.17, 15) is 4.39 Å². The van der Waals surface area contributed by atoms with Crippen LogP contribution in [0.25, 0.3) is 0 Å². The number of benzene rings is 1. The minimum Gasteiger partial charge on any atom is -0.362 e. The molecule has 22 heavy (non-hydrogen) atoms. The predicted molar refractivity (Wildman–Crippen MR) is 84.3 cm³/mol. The fourth-order valence-electron chi connectivity index (χ4n) is 3.35. The molecule has 0 aromatic heterocycles. The van der Waals surface area contributed by atoms with E-state index in [4.69, 9.17) is 16.3 Å². The van der Waals surface area contributed by atoms with Gasteiger partial charge in [0.1, 0.15) is 11.9 Å². The van der Waals surface area contributed by atoms with E-state index in [0.717, 1.165) is 16.8 Å². The van der Waals surface area contributed by atoms with Crippen LogP contribution < -0.4 is 0 Å². The van der Waals surface area contributed by atoms with Crippen LogP contribution in [0.5, 0.6) is 0 Å². The number of aliphatic imine (C=N–C) groups is 1. The molecule has 5 heteroatoms. The van der Waals surface area contributed by atoms with E-state index in [1.807, 2.05) is 6.21 Å². The number of rotatable bonds is 3. The van der Waals surface area contributed by atoms with Gasteiger partial charge >= 0.3 is 0 Å². The van der Waals surface area contributed by atoms with Gasteiger partial charge in [-0.1, -0.05) is 23.7 Å². The zero-order chi connectivity index (χ0) is 15.3. The van der Waals surface area contributed by atoms with Gasteiger partial charge in [0.25, 0.3) is 0 Å². The van der Waals surface area contributed by atoms with E-state index >= 15 is 0 Å². The standard InChI is InChI=1S/C17H18ClFN2O/c1-10(11-2-3-11)21-15-13(8-20-17(21)18)9-22-16(15)12-4-6-14(19)7-5-12/h4-8,10-11,16-17H,2-3,9H2,1H3/t10-,16?,17?/m1/s1. The highest BCUT2D eigenvalue weighted by Crippen LogP contribution is 2.45. The SMILES string of the molecule is C[C@H](C1CC1)N1C2=C(C=NC1Cl)COC2c1ccc(F)cc1. The van der Waals surface area contributed by atoms with Crippen LogP contribution >= 0.6 is 11.6 Å². The quantitative estimate of drug-likeness (QED) is 0.624. The number of ether oxygens (including phenoxy) is 1. The van der Waals surface area contributed by atoms with Crippen molar-refractivity contribution in [3.8, 4) is 0 Å². The Morgan fingerprint density at radius 3 is 2.73 bits per heavy atom. The van der Waals surface area contributed by atoms with Crippen molar-refractivity contribution in [1.82, 2.24) is 4.90 Å². The molecule has 0 spiro atoms. The number of hydrogen-bond donors (Lipinski definition) is 0. The average molecular weight is 321 g/mol. The molecule has 2 heterocycles. The lowest BCUT2D eigenvalue weighted by molar-refractivity contribution is 0.0896. The molecule has 3 atom stereocenters. The van der Waals surface area contributed by atoms with E-state index in [2.05, 4.69) is 16.8 Å². The highest BCUT2D eigenvalue weighted by molar-refractivity contribution is 6.21. The number of hydrogen-bond acceptors (Lipinski definition) is 3. The van der Waals surface area contributed by atoms with E-state index in [1.165, 1.54) is 25.0 Å². The van der Waals surface area contributed by atoms with Crippen LogP contribution in [0.4, 0.5) is 4.39 Å². The monoisotopic (exact) mass is 320 g/mol. The summed E-state index contributed by atoms with van der Waals surface area (Å²) in [5.41, 5.74) is 2.75. The smallest absolute Gasteiger partial charge is 0.197 e. The molecule has 0 N–H and O–H groups in total. The fourth-order valence-corrected chi connectivity index (χ4v) is 3.69. The summed E-state index contributed by atoms with van der Waals surface area (Å²) in [6.45, 7) is 2.73. The van der Waals surface area contributed by atoms with Crippen molar-refractivity contribution < 1.29 is 9.13 Å². The van der Waals surface area contributed by atoms with Crippen LogP contribution in [0, 0.1) is 11.7 Å². The third-order valence-corrected chi connectivity index (χ3v) is 5.08. The minimum atomic E-state index is -0.390. The third kappa shape index (κ3) is 2.34. The summed E-state index contributed by atoms with van der Waals surface area (Å²) < 4.78 is 19.1. The van der Waals surface area contributed by atoms with Gasteiger partial charge in [-0.3, -0.25) is 4.99 Å². The molecule has 0 amide bonds. The van der Waals surface area contributed by atoms with Gasteiger partial charge in [0.15, 0.2) is 5.62 Å². The van der Waals surface area contributed by atoms with Crippen LogP contribution in [0.1, 0.15) is 31.4 Å². The van der Waals surface area contributed by atoms with Crippen LogP contribution in [0.2, 0.25) is 0 Å². The van der Waals surface area contributed by atoms with Crippen molar-refractivity contribution in [3.63, 3.8) is 0 Å². The van der Waals surface area contributed by atoms with Crippen molar-refractivity contribution in [2.24, 2.45) is 10.9 Å². The molecule has 2 aliphatic heterocycles. The molecule has 1 fully saturated rings. The molecule has 1 aromatic rings. The topological polar surface area (TPSA) is 24.8 Å². The van der Waals surface area contributed by atoms with Crippen LogP contribution in [0.3, 0.4) is 0 Å². The first-order valence-corrected chi connectivity index (χ1v) is 8.14. The molecule has 2 unspecified atom stereocenters. The molecule has 1 aromatic carbocycles. The minimum absolute atomic E-state index is 0.190. The van der Waals surface area contributed by atoms with Crippen LogP contribution in [-0.2, 0) is 4.74 Å². The Hall–Kier alpha value is -1.39. The third-order valence-electron chi connectivity index (χ3n) is 4.76. The Labute approximate surface area is 134 Å². The zero-order valence-corrected chi connectivity index (χ0v) is 13.1. The van der Waals surface area contributed by atoms with Gasteiger partial charge in [-0.15, -0.1) is 0 Å². The highest BCUT2D eigenvalue weighted by Gasteiger charge is 2.42. The molecular weight excluding hydrogens is 303 g/mol. The van der Waals surface area contributed by atoms with E-state index < -0.39 is 0 Å². The molecule has 0 bridgehead atoms. The summed E-state index contributed by atoms with van der Waals surface area (Å²) in [6.07, 6.45) is 4.13. The molecule has 0 radical (unpaired) electrons. The first-order chi connectivity index (χ1) is 10.6. The Kier molecular flexibility index (Phi) is 3.46. The van der Waals surface area contributed by atoms with E-state index in [1.54, 1.807) is 12.1 Å². The van der Waals surface area contributed by atoms with Crippen LogP contribution in [0.15, 0.2) is 40.5 Å². The fraction of sp³-hybridized carbons (Fsp3) is 0.471. The average Bonchev–Trinajstić information content (AvgIpc) is 3.28. The van der Waals surface area contributed by atoms with Gasteiger partial charge in [0, 0.05) is 17.8 Å². The maximum absolute atomic E-state index is 13.2. The van der Waals surface area contributed by atoms with Crippen molar-refractivity contribution in [1.29, 1.82) is 0 Å². The zero-order valence-electron chi connectivity index (χ0n) is 12.4. The summed E-state index contributed by atoms with van der Waals surface area (Å²) in [5.74, 6) is 0.442. The van der Waals surface area contributed by atoms with Gasteiger partial charge in [-0.05, 0) is 43.4 Å². The van der Waals surface area contributed by atoms with Gasteiger partial charge in [-0.2, -0.15) is 0 Å². The first-order valence-electron chi connectivity index (χ1n) is 7.71. The summed E-state index contributed by atoms with van der Waals surface area (Å²) in [6, 6.07) is 6.85. The molecule has 4 rings (SSSR count). The maximum atomic E-state index is 13.2. The maximum Gasteiger partial charge on any atom is 0.197 e. The Morgan fingerprint density at radius 1 is 1.32 bits per heavy atom. The molecule has 1 saturated carbocycles. The Morgan fingerprint density at radius 2 is 2.05 bits per heavy atom. The van der Waals surface area contributed by atoms with Gasteiger partial charge < -0.3 is 9.64 Å². The second-order valence-corrected chi connectivity index (χ2v) is 6.62. The summed E-state index contributed by atoms with van der Waals surface area (Å²) in [7, 11) is 0. The van der Waals surface area contributed by atoms with Gasteiger partial charge in [-0.25, -0.2) is 4.39 Å². The van der Waals surface area contributed by atoms with Crippen molar-refractivity contribution in [2.45, 2.75) is 37.5 Å². The second kappa shape index (κ2) is 5.36. The summed E-state index contributed by atoms with van der Waals surface area (Å²) in [4.78, 5) is 6.59. The van der Waals surface area contributed by atoms with Crippen molar-refractivity contribution in [3.05, 3.63) is 46.9 Å². The molecule has 116 valence electrons. The molecule has 3 nitrogen and oxygen atoms in total. The molecule has 0 saturated heterocycles. The van der Waals surface area contributed by atoms with Crippen LogP contribution in [-0.4, -0.2) is 29.4 Å². The normalized spacial score (nSPS) is 29.0. The summed E-state index contributed by atoms with van der Waals surface area (Å²) in [5, 5.41) is 0. The van der Waals surface area contributed by atoms with Gasteiger partial charge in [0.05, 0.1) is 12.3 Å². The van der Waals surface area contributed by atoms with Crippen molar-refractivity contribution >= 4 is 17.8 Å². The largest absolute Gasteiger partial charge is 0.362 e. The lowest BCUT2D eigenvalue weighted by Gasteiger charge is -2.38. The summed E-state index contributed by atoms with van der Waals surface area (Å²) >= 11 is 6.47. The lowest BCUT2D eigenvalue weighted by atomic mass is 10.0. The van der Waals surface area contributed by atoms with Crippen molar-refractivity contribution in [2.75, 3.05) is 6.61 Å². The van der Waals surface area contributed by atoms with Gasteiger partial charge in [0.2, 0.25) is 0 Å². The first kappa shape index (κ1) is 14.2. The van der Waals surface area contributed by atoms with E-state index in [-0.39, 0.29) is 17.5 Å². The Bertz CT molecular complexity index is 639. The second-order valence-electron chi connectivity index (χ2n) is 6.23. The molecular formula is C17H18ClFN2O. The Balaban J connectivity index is 1.71.